The molecule has 2 saturated heterocycles. The Balaban J connectivity index is 1.88. The number of rotatable bonds is 6. The zero-order chi connectivity index (χ0) is 19.7. The van der Waals surface area contributed by atoms with Crippen LogP contribution < -0.4 is 4.46 Å². The number of fused-ring (bicyclic) bond motifs is 1. The van der Waals surface area contributed by atoms with Crippen LogP contribution in [0.3, 0.4) is 0 Å². The van der Waals surface area contributed by atoms with Crippen molar-refractivity contribution < 1.29 is 26.8 Å². The molecule has 0 radical (unpaired) electrons. The van der Waals surface area contributed by atoms with Crippen LogP contribution in [0.15, 0.2) is 35.4 Å². The zero-order valence-corrected chi connectivity index (χ0v) is 17.6. The maximum absolute atomic E-state index is 11.4. The third-order valence-corrected chi connectivity index (χ3v) is 7.09. The van der Waals surface area contributed by atoms with Gasteiger partial charge in [-0.05, 0) is 0 Å². The van der Waals surface area contributed by atoms with Crippen LogP contribution in [-0.2, 0) is 28.5 Å². The molecule has 2 fully saturated rings. The Morgan fingerprint density at radius 2 is 1.93 bits per heavy atom. The fourth-order valence-electron chi connectivity index (χ4n) is 3.09. The van der Waals surface area contributed by atoms with E-state index in [1.165, 1.54) is 0 Å². The van der Waals surface area contributed by atoms with Crippen molar-refractivity contribution in [2.75, 3.05) is 12.9 Å². The van der Waals surface area contributed by atoms with Crippen LogP contribution in [0, 0.1) is 0 Å². The molecule has 1 unspecified atom stereocenters. The molecule has 27 heavy (non-hydrogen) atoms. The summed E-state index contributed by atoms with van der Waals surface area (Å²) in [5.41, 5.74) is 9.04. The van der Waals surface area contributed by atoms with E-state index in [1.807, 2.05) is 30.3 Å². The van der Waals surface area contributed by atoms with E-state index in [4.69, 9.17) is 23.9 Å². The summed E-state index contributed by atoms with van der Waals surface area (Å²) in [7, 11) is -3.63. The molecule has 3 rings (SSSR count). The van der Waals surface area contributed by atoms with Crippen molar-refractivity contribution in [3.8, 4) is 0 Å². The topological polar surface area (TPSA) is 120 Å². The third-order valence-electron chi connectivity index (χ3n) is 4.08. The molecule has 0 aromatic heterocycles. The predicted octanol–water partition coefficient (Wildman–Crippen LogP) is 0.916. The molecule has 9 nitrogen and oxygen atoms in total. The average molecular weight is 462 g/mol. The Morgan fingerprint density at radius 1 is 1.26 bits per heavy atom. The van der Waals surface area contributed by atoms with Crippen LogP contribution in [0.5, 0.6) is 0 Å². The fourth-order valence-corrected chi connectivity index (χ4v) is 5.84. The summed E-state index contributed by atoms with van der Waals surface area (Å²) in [4.78, 5) is 2.96. The van der Waals surface area contributed by atoms with Gasteiger partial charge in [0.15, 0.2) is 0 Å². The molecule has 0 bridgehead atoms. The molecule has 5 atom stereocenters. The summed E-state index contributed by atoms with van der Waals surface area (Å²) < 4.78 is 46.9. The SMILES string of the molecule is CC1(C)O[C@@H]2[C@H](O1)[C@@H](N=[N+]=[N-])C([Se]c1ccccc1)O[C@@H]2COS(C)(=O)=O. The van der Waals surface area contributed by atoms with E-state index in [0.29, 0.717) is 0 Å². The first-order valence-corrected chi connectivity index (χ1v) is 12.0. The Bertz CT molecular complexity index is 815. The van der Waals surface area contributed by atoms with E-state index >= 15 is 0 Å². The van der Waals surface area contributed by atoms with E-state index in [0.717, 1.165) is 10.7 Å². The first-order chi connectivity index (χ1) is 12.7. The number of hydrogen-bond acceptors (Lipinski definition) is 7. The summed E-state index contributed by atoms with van der Waals surface area (Å²) >= 11 is -0.190. The number of azide groups is 1. The number of nitrogens with zero attached hydrogens (tertiary/aromatic N) is 3. The van der Waals surface area contributed by atoms with Gasteiger partial charge in [-0.1, -0.05) is 0 Å². The average Bonchev–Trinajstić information content (AvgIpc) is 2.91. The maximum atomic E-state index is 11.4. The minimum absolute atomic E-state index is 0.190. The predicted molar refractivity (Wildman–Crippen MR) is 98.0 cm³/mol. The molecule has 0 N–H and O–H groups in total. The molecule has 148 valence electrons. The van der Waals surface area contributed by atoms with Gasteiger partial charge in [0.2, 0.25) is 0 Å². The molecular weight excluding hydrogens is 441 g/mol. The van der Waals surface area contributed by atoms with Gasteiger partial charge < -0.3 is 0 Å². The zero-order valence-electron chi connectivity index (χ0n) is 15.1. The van der Waals surface area contributed by atoms with Crippen LogP contribution in [0.1, 0.15) is 13.8 Å². The summed E-state index contributed by atoms with van der Waals surface area (Å²) in [6.07, 6.45) is -0.821. The van der Waals surface area contributed by atoms with E-state index in [2.05, 4.69) is 10.0 Å². The van der Waals surface area contributed by atoms with Gasteiger partial charge in [0.25, 0.3) is 0 Å². The summed E-state index contributed by atoms with van der Waals surface area (Å²) in [5.74, 6) is -0.903. The van der Waals surface area contributed by atoms with E-state index in [1.54, 1.807) is 13.8 Å². The van der Waals surface area contributed by atoms with E-state index in [-0.39, 0.29) is 21.6 Å². The quantitative estimate of drug-likeness (QED) is 0.204. The van der Waals surface area contributed by atoms with Crippen molar-refractivity contribution in [1.82, 2.24) is 0 Å². The Morgan fingerprint density at radius 3 is 2.56 bits per heavy atom. The van der Waals surface area contributed by atoms with Gasteiger partial charge in [0, 0.05) is 0 Å². The number of hydrogen-bond donors (Lipinski definition) is 0. The Hall–Kier alpha value is -1.16. The number of ether oxygens (including phenoxy) is 3. The van der Waals surface area contributed by atoms with Crippen LogP contribution in [0.25, 0.3) is 10.4 Å². The van der Waals surface area contributed by atoms with Crippen LogP contribution in [0.4, 0.5) is 0 Å². The Kier molecular flexibility index (Phi) is 6.14. The molecule has 0 aliphatic carbocycles. The van der Waals surface area contributed by atoms with Gasteiger partial charge >= 0.3 is 164 Å². The molecule has 0 saturated carbocycles. The molecule has 0 amide bonds. The van der Waals surface area contributed by atoms with Crippen molar-refractivity contribution in [3.05, 3.63) is 40.8 Å². The molecule has 2 heterocycles. The second-order valence-corrected chi connectivity index (χ2v) is 10.8. The monoisotopic (exact) mass is 463 g/mol. The van der Waals surface area contributed by atoms with Gasteiger partial charge in [-0.25, -0.2) is 0 Å². The van der Waals surface area contributed by atoms with Crippen molar-refractivity contribution in [2.24, 2.45) is 5.11 Å². The molecule has 1 aromatic rings. The second-order valence-electron chi connectivity index (χ2n) is 6.72. The molecule has 2 aliphatic rings. The van der Waals surface area contributed by atoms with Crippen molar-refractivity contribution in [2.45, 2.75) is 49.0 Å². The molecule has 1 aromatic carbocycles. The summed E-state index contributed by atoms with van der Waals surface area (Å²) in [5, 5.41) is 3.48. The third kappa shape index (κ3) is 5.22. The van der Waals surface area contributed by atoms with Crippen LogP contribution >= 0.6 is 0 Å². The summed E-state index contributed by atoms with van der Waals surface area (Å²) in [6.45, 7) is 3.32. The first-order valence-electron chi connectivity index (χ1n) is 8.30. The van der Waals surface area contributed by atoms with Gasteiger partial charge in [0.05, 0.1) is 0 Å². The molecule has 2 aliphatic heterocycles. The molecular formula is C16H21N3O6SSe. The van der Waals surface area contributed by atoms with Crippen molar-refractivity contribution in [3.63, 3.8) is 0 Å². The van der Waals surface area contributed by atoms with Crippen molar-refractivity contribution >= 4 is 29.5 Å². The molecule has 0 spiro atoms. The second kappa shape index (κ2) is 8.06. The number of benzene rings is 1. The van der Waals surface area contributed by atoms with E-state index in [9.17, 15) is 8.42 Å². The van der Waals surface area contributed by atoms with Crippen LogP contribution in [0.2, 0.25) is 0 Å². The van der Waals surface area contributed by atoms with Gasteiger partial charge in [-0.15, -0.1) is 0 Å². The molecule has 11 heteroatoms. The standard InChI is InChI=1S/C16H21N3O6SSe/c1-16(2)24-13-11(9-22-26(3,20)21)23-15(12(18-19-17)14(13)25-16)27-10-7-5-4-6-8-10/h4-8,11-15H,9H2,1-3H3/t11-,12-,13+,14-,15?/m1/s1. The van der Waals surface area contributed by atoms with Crippen molar-refractivity contribution in [1.29, 1.82) is 0 Å². The van der Waals surface area contributed by atoms with Gasteiger partial charge in [-0.2, -0.15) is 0 Å². The fraction of sp³-hybridized carbons (Fsp3) is 0.625. The van der Waals surface area contributed by atoms with Gasteiger partial charge in [0.1, 0.15) is 0 Å². The first kappa shape index (κ1) is 20.6. The normalized spacial score (nSPS) is 32.5. The van der Waals surface area contributed by atoms with E-state index < -0.39 is 45.3 Å². The summed E-state index contributed by atoms with van der Waals surface area (Å²) in [6, 6.07) is 9.13. The van der Waals surface area contributed by atoms with Gasteiger partial charge in [-0.3, -0.25) is 0 Å². The van der Waals surface area contributed by atoms with Crippen LogP contribution in [-0.4, -0.2) is 71.4 Å². The Labute approximate surface area is 164 Å². The minimum atomic E-state index is -3.63.